The first-order valence-corrected chi connectivity index (χ1v) is 6.75. The zero-order valence-corrected chi connectivity index (χ0v) is 11.3. The summed E-state index contributed by atoms with van der Waals surface area (Å²) in [7, 11) is 0. The van der Waals surface area contributed by atoms with E-state index >= 15 is 0 Å². The maximum Gasteiger partial charge on any atom is 0.287 e. The molecule has 1 aliphatic heterocycles. The molecule has 0 amide bonds. The highest BCUT2D eigenvalue weighted by Gasteiger charge is 2.15. The van der Waals surface area contributed by atoms with E-state index in [2.05, 4.69) is 10.3 Å². The molecule has 2 heterocycles. The molecule has 0 aromatic carbocycles. The van der Waals surface area contributed by atoms with Crippen LogP contribution in [0.1, 0.15) is 12.8 Å². The van der Waals surface area contributed by atoms with Crippen molar-refractivity contribution in [3.8, 4) is 0 Å². The third-order valence-electron chi connectivity index (χ3n) is 3.11. The van der Waals surface area contributed by atoms with Gasteiger partial charge in [-0.1, -0.05) is 0 Å². The summed E-state index contributed by atoms with van der Waals surface area (Å²) in [6.07, 6.45) is 3.20. The molecule has 0 saturated carbocycles. The Morgan fingerprint density at radius 3 is 3.10 bits per heavy atom. The molecule has 0 unspecified atom stereocenters. The van der Waals surface area contributed by atoms with Gasteiger partial charge >= 0.3 is 0 Å². The molecular formula is C13H19N3O4. The van der Waals surface area contributed by atoms with Gasteiger partial charge in [-0.2, -0.15) is 0 Å². The minimum Gasteiger partial charge on any atom is -0.381 e. The summed E-state index contributed by atoms with van der Waals surface area (Å²) in [4.78, 5) is 14.0. The van der Waals surface area contributed by atoms with E-state index in [0.29, 0.717) is 18.3 Å². The Morgan fingerprint density at radius 1 is 1.55 bits per heavy atom. The molecule has 7 heteroatoms. The van der Waals surface area contributed by atoms with Crippen molar-refractivity contribution in [3.63, 3.8) is 0 Å². The summed E-state index contributed by atoms with van der Waals surface area (Å²) in [6.45, 7) is 3.84. The van der Waals surface area contributed by atoms with Crippen LogP contribution in [0.3, 0.4) is 0 Å². The fraction of sp³-hybridized carbons (Fsp3) is 0.615. The molecule has 1 aliphatic rings. The van der Waals surface area contributed by atoms with E-state index in [0.717, 1.165) is 39.2 Å². The normalized spacial score (nSPS) is 18.1. The Hall–Kier alpha value is -1.73. The van der Waals surface area contributed by atoms with Crippen LogP contribution in [0.2, 0.25) is 0 Å². The number of aromatic nitrogens is 1. The highest BCUT2D eigenvalue weighted by atomic mass is 16.6. The van der Waals surface area contributed by atoms with E-state index in [1.807, 2.05) is 0 Å². The standard InChI is InChI=1S/C13H19N3O4/c17-16(18)12-2-3-13(15-8-12)14-5-1-6-19-9-11-4-7-20-10-11/h2-3,8,11H,1,4-7,9-10H2,(H,14,15)/t11-/m0/s1. The monoisotopic (exact) mass is 281 g/mol. The van der Waals surface area contributed by atoms with E-state index in [-0.39, 0.29) is 5.69 Å². The quantitative estimate of drug-likeness (QED) is 0.444. The SMILES string of the molecule is O=[N+]([O-])c1ccc(NCCCOC[C@@H]2CCOC2)nc1. The van der Waals surface area contributed by atoms with E-state index in [1.165, 1.54) is 12.3 Å². The van der Waals surface area contributed by atoms with Crippen molar-refractivity contribution < 1.29 is 14.4 Å². The summed E-state index contributed by atoms with van der Waals surface area (Å²) in [5, 5.41) is 13.6. The number of nitrogens with zero attached hydrogens (tertiary/aromatic N) is 2. The lowest BCUT2D eigenvalue weighted by atomic mass is 10.1. The number of pyridine rings is 1. The molecule has 1 aromatic heterocycles. The molecule has 1 saturated heterocycles. The van der Waals surface area contributed by atoms with Crippen LogP contribution in [-0.2, 0) is 9.47 Å². The highest BCUT2D eigenvalue weighted by Crippen LogP contribution is 2.13. The van der Waals surface area contributed by atoms with Crippen molar-refractivity contribution in [2.75, 3.05) is 38.3 Å². The van der Waals surface area contributed by atoms with Gasteiger partial charge in [-0.3, -0.25) is 10.1 Å². The van der Waals surface area contributed by atoms with E-state index in [4.69, 9.17) is 9.47 Å². The van der Waals surface area contributed by atoms with Crippen molar-refractivity contribution in [1.29, 1.82) is 0 Å². The molecular weight excluding hydrogens is 262 g/mol. The van der Waals surface area contributed by atoms with Crippen LogP contribution < -0.4 is 5.32 Å². The largest absolute Gasteiger partial charge is 0.381 e. The third kappa shape index (κ3) is 4.75. The van der Waals surface area contributed by atoms with E-state index < -0.39 is 4.92 Å². The van der Waals surface area contributed by atoms with Crippen LogP contribution >= 0.6 is 0 Å². The van der Waals surface area contributed by atoms with Crippen LogP contribution in [0.15, 0.2) is 18.3 Å². The second-order valence-corrected chi connectivity index (χ2v) is 4.74. The average Bonchev–Trinajstić information content (AvgIpc) is 2.96. The second kappa shape index (κ2) is 7.76. The van der Waals surface area contributed by atoms with Crippen LogP contribution in [0.25, 0.3) is 0 Å². The Kier molecular flexibility index (Phi) is 5.69. The number of nitrogens with one attached hydrogen (secondary N) is 1. The van der Waals surface area contributed by atoms with Crippen molar-refractivity contribution in [3.05, 3.63) is 28.4 Å². The number of nitro groups is 1. The van der Waals surface area contributed by atoms with Gasteiger partial charge in [0.15, 0.2) is 0 Å². The van der Waals surface area contributed by atoms with Crippen LogP contribution in [-0.4, -0.2) is 42.9 Å². The van der Waals surface area contributed by atoms with E-state index in [9.17, 15) is 10.1 Å². The van der Waals surface area contributed by atoms with Gasteiger partial charge in [-0.25, -0.2) is 4.98 Å². The minimum atomic E-state index is -0.461. The maximum absolute atomic E-state index is 10.5. The third-order valence-corrected chi connectivity index (χ3v) is 3.11. The molecule has 0 radical (unpaired) electrons. The Bertz CT molecular complexity index is 418. The number of ether oxygens (including phenoxy) is 2. The molecule has 1 fully saturated rings. The molecule has 1 N–H and O–H groups in total. The predicted octanol–water partition coefficient (Wildman–Crippen LogP) is 1.84. The Balaban J connectivity index is 1.55. The summed E-state index contributed by atoms with van der Waals surface area (Å²) < 4.78 is 10.8. The van der Waals surface area contributed by atoms with Gasteiger partial charge in [-0.15, -0.1) is 0 Å². The first kappa shape index (κ1) is 14.7. The van der Waals surface area contributed by atoms with Crippen molar-refractivity contribution in [2.24, 2.45) is 5.92 Å². The summed E-state index contributed by atoms with van der Waals surface area (Å²) >= 11 is 0. The number of rotatable bonds is 8. The van der Waals surface area contributed by atoms with E-state index in [1.54, 1.807) is 6.07 Å². The molecule has 7 nitrogen and oxygen atoms in total. The molecule has 1 aromatic rings. The number of anilines is 1. The summed E-state index contributed by atoms with van der Waals surface area (Å²) in [5.41, 5.74) is -0.00216. The number of hydrogen-bond donors (Lipinski definition) is 1. The predicted molar refractivity (Wildman–Crippen MR) is 73.7 cm³/mol. The van der Waals surface area contributed by atoms with Gasteiger partial charge in [0.2, 0.25) is 0 Å². The molecule has 2 rings (SSSR count). The lowest BCUT2D eigenvalue weighted by molar-refractivity contribution is -0.385. The Labute approximate surface area is 117 Å². The molecule has 0 aliphatic carbocycles. The lowest BCUT2D eigenvalue weighted by Gasteiger charge is -2.09. The first-order chi connectivity index (χ1) is 9.75. The van der Waals surface area contributed by atoms with Gasteiger partial charge in [0.1, 0.15) is 12.0 Å². The average molecular weight is 281 g/mol. The molecule has 110 valence electrons. The van der Waals surface area contributed by atoms with Crippen LogP contribution in [0.4, 0.5) is 11.5 Å². The second-order valence-electron chi connectivity index (χ2n) is 4.74. The molecule has 0 bridgehead atoms. The number of hydrogen-bond acceptors (Lipinski definition) is 6. The van der Waals surface area contributed by atoms with Crippen molar-refractivity contribution in [1.82, 2.24) is 4.98 Å². The zero-order valence-electron chi connectivity index (χ0n) is 11.3. The summed E-state index contributed by atoms with van der Waals surface area (Å²) in [6, 6.07) is 3.04. The fourth-order valence-corrected chi connectivity index (χ4v) is 1.95. The Morgan fingerprint density at radius 2 is 2.45 bits per heavy atom. The highest BCUT2D eigenvalue weighted by molar-refractivity contribution is 5.39. The van der Waals surface area contributed by atoms with Crippen LogP contribution in [0, 0.1) is 16.0 Å². The molecule has 1 atom stereocenters. The lowest BCUT2D eigenvalue weighted by Crippen LogP contribution is -2.12. The van der Waals surface area contributed by atoms with Gasteiger partial charge in [0, 0.05) is 31.7 Å². The van der Waals surface area contributed by atoms with Crippen molar-refractivity contribution >= 4 is 11.5 Å². The minimum absolute atomic E-state index is 0.00216. The van der Waals surface area contributed by atoms with Crippen molar-refractivity contribution in [2.45, 2.75) is 12.8 Å². The van der Waals surface area contributed by atoms with Gasteiger partial charge in [0.25, 0.3) is 5.69 Å². The fourth-order valence-electron chi connectivity index (χ4n) is 1.95. The molecule has 0 spiro atoms. The van der Waals surface area contributed by atoms with Gasteiger partial charge in [0.05, 0.1) is 18.1 Å². The first-order valence-electron chi connectivity index (χ1n) is 6.75. The topological polar surface area (TPSA) is 86.5 Å². The summed E-state index contributed by atoms with van der Waals surface area (Å²) in [5.74, 6) is 1.18. The molecule has 20 heavy (non-hydrogen) atoms. The maximum atomic E-state index is 10.5. The van der Waals surface area contributed by atoms with Crippen LogP contribution in [0.5, 0.6) is 0 Å². The van der Waals surface area contributed by atoms with Gasteiger partial charge in [-0.05, 0) is 18.9 Å². The zero-order chi connectivity index (χ0) is 14.2. The smallest absolute Gasteiger partial charge is 0.287 e. The van der Waals surface area contributed by atoms with Gasteiger partial charge < -0.3 is 14.8 Å².